The quantitative estimate of drug-likeness (QED) is 0.880. The largest absolute Gasteiger partial charge is 0.354 e. The average molecular weight is 334 g/mol. The second-order valence-corrected chi connectivity index (χ2v) is 7.23. The van der Waals surface area contributed by atoms with Crippen LogP contribution >= 0.6 is 0 Å². The van der Waals surface area contributed by atoms with Gasteiger partial charge in [-0.25, -0.2) is 23.4 Å². The smallest absolute Gasteiger partial charge is 0.211 e. The molecular formula is C14H18N6O2S. The predicted octanol–water partition coefficient (Wildman–Crippen LogP) is 0.697. The van der Waals surface area contributed by atoms with Crippen LogP contribution in [0.5, 0.6) is 0 Å². The molecule has 0 aromatic carbocycles. The molecule has 0 bridgehead atoms. The number of hydrogen-bond donors (Lipinski definition) is 1. The van der Waals surface area contributed by atoms with Crippen molar-refractivity contribution in [2.45, 2.75) is 0 Å². The van der Waals surface area contributed by atoms with Gasteiger partial charge in [0.1, 0.15) is 23.8 Å². The van der Waals surface area contributed by atoms with Gasteiger partial charge in [-0.15, -0.1) is 0 Å². The Labute approximate surface area is 135 Å². The molecule has 3 rings (SSSR count). The highest BCUT2D eigenvalue weighted by Crippen LogP contribution is 2.19. The maximum absolute atomic E-state index is 11.6. The maximum atomic E-state index is 11.6. The third kappa shape index (κ3) is 3.93. The normalized spacial score (nSPS) is 16.3. The number of piperazine rings is 1. The Bertz CT molecular complexity index is 760. The Morgan fingerprint density at radius 2 is 1.83 bits per heavy atom. The molecule has 0 saturated carbocycles. The molecule has 1 N–H and O–H groups in total. The molecule has 23 heavy (non-hydrogen) atoms. The SMILES string of the molecule is CS(=O)(=O)N1CCN(c2cc(Nc3ccccn3)ncn2)CC1. The lowest BCUT2D eigenvalue weighted by Crippen LogP contribution is -2.48. The van der Waals surface area contributed by atoms with Crippen molar-refractivity contribution in [2.75, 3.05) is 42.7 Å². The Morgan fingerprint density at radius 1 is 1.04 bits per heavy atom. The van der Waals surface area contributed by atoms with Gasteiger partial charge in [-0.3, -0.25) is 0 Å². The lowest BCUT2D eigenvalue weighted by atomic mass is 10.3. The van der Waals surface area contributed by atoms with Crippen molar-refractivity contribution in [2.24, 2.45) is 0 Å². The molecule has 0 radical (unpaired) electrons. The van der Waals surface area contributed by atoms with Crippen LogP contribution in [0.3, 0.4) is 0 Å². The lowest BCUT2D eigenvalue weighted by molar-refractivity contribution is 0.387. The lowest BCUT2D eigenvalue weighted by Gasteiger charge is -2.33. The van der Waals surface area contributed by atoms with Gasteiger partial charge in [0.05, 0.1) is 6.26 Å². The first-order valence-electron chi connectivity index (χ1n) is 7.22. The highest BCUT2D eigenvalue weighted by atomic mass is 32.2. The second kappa shape index (κ2) is 6.47. The molecule has 3 heterocycles. The van der Waals surface area contributed by atoms with Crippen molar-refractivity contribution in [3.8, 4) is 0 Å². The van der Waals surface area contributed by atoms with Gasteiger partial charge in [-0.2, -0.15) is 4.31 Å². The van der Waals surface area contributed by atoms with E-state index < -0.39 is 10.0 Å². The van der Waals surface area contributed by atoms with E-state index in [1.807, 2.05) is 29.2 Å². The molecular weight excluding hydrogens is 316 g/mol. The zero-order valence-corrected chi connectivity index (χ0v) is 13.6. The van der Waals surface area contributed by atoms with Gasteiger partial charge < -0.3 is 10.2 Å². The summed E-state index contributed by atoms with van der Waals surface area (Å²) in [6, 6.07) is 7.43. The number of anilines is 3. The second-order valence-electron chi connectivity index (χ2n) is 5.25. The molecule has 1 saturated heterocycles. The molecule has 0 unspecified atom stereocenters. The van der Waals surface area contributed by atoms with E-state index in [9.17, 15) is 8.42 Å². The van der Waals surface area contributed by atoms with Crippen molar-refractivity contribution >= 4 is 27.5 Å². The number of pyridine rings is 1. The summed E-state index contributed by atoms with van der Waals surface area (Å²) in [7, 11) is -3.13. The molecule has 0 atom stereocenters. The van der Waals surface area contributed by atoms with Crippen LogP contribution in [0.4, 0.5) is 17.5 Å². The van der Waals surface area contributed by atoms with Crippen LogP contribution in [-0.2, 0) is 10.0 Å². The van der Waals surface area contributed by atoms with Crippen molar-refractivity contribution in [3.63, 3.8) is 0 Å². The van der Waals surface area contributed by atoms with Crippen molar-refractivity contribution < 1.29 is 8.42 Å². The molecule has 1 fully saturated rings. The van der Waals surface area contributed by atoms with Gasteiger partial charge in [0, 0.05) is 38.4 Å². The van der Waals surface area contributed by atoms with E-state index in [-0.39, 0.29) is 0 Å². The number of hydrogen-bond acceptors (Lipinski definition) is 7. The number of nitrogens with one attached hydrogen (secondary N) is 1. The summed E-state index contributed by atoms with van der Waals surface area (Å²) in [5.74, 6) is 2.13. The fourth-order valence-corrected chi connectivity index (χ4v) is 3.23. The van der Waals surface area contributed by atoms with Gasteiger partial charge in [0.25, 0.3) is 0 Å². The first kappa shape index (κ1) is 15.6. The summed E-state index contributed by atoms with van der Waals surface area (Å²) in [6.07, 6.45) is 4.43. The van der Waals surface area contributed by atoms with Crippen LogP contribution in [0, 0.1) is 0 Å². The van der Waals surface area contributed by atoms with Gasteiger partial charge >= 0.3 is 0 Å². The van der Waals surface area contributed by atoms with Crippen LogP contribution in [-0.4, -0.2) is 60.1 Å². The van der Waals surface area contributed by atoms with Crippen molar-refractivity contribution in [1.82, 2.24) is 19.3 Å². The highest BCUT2D eigenvalue weighted by Gasteiger charge is 2.24. The van der Waals surface area contributed by atoms with Crippen LogP contribution < -0.4 is 10.2 Å². The summed E-state index contributed by atoms with van der Waals surface area (Å²) >= 11 is 0. The first-order valence-corrected chi connectivity index (χ1v) is 9.07. The Kier molecular flexibility index (Phi) is 4.39. The van der Waals surface area contributed by atoms with Crippen LogP contribution in [0.15, 0.2) is 36.8 Å². The first-order chi connectivity index (χ1) is 11.0. The minimum absolute atomic E-state index is 0.464. The number of rotatable bonds is 4. The molecule has 0 amide bonds. The number of nitrogens with zero attached hydrogens (tertiary/aromatic N) is 5. The zero-order valence-electron chi connectivity index (χ0n) is 12.8. The zero-order chi connectivity index (χ0) is 16.3. The predicted molar refractivity (Wildman–Crippen MR) is 88.2 cm³/mol. The maximum Gasteiger partial charge on any atom is 0.211 e. The molecule has 1 aliphatic rings. The Balaban J connectivity index is 1.69. The number of aromatic nitrogens is 3. The third-order valence-corrected chi connectivity index (χ3v) is 4.91. The fourth-order valence-electron chi connectivity index (χ4n) is 2.41. The number of sulfonamides is 1. The highest BCUT2D eigenvalue weighted by molar-refractivity contribution is 7.88. The van der Waals surface area contributed by atoms with E-state index >= 15 is 0 Å². The topological polar surface area (TPSA) is 91.3 Å². The summed E-state index contributed by atoms with van der Waals surface area (Å²) < 4.78 is 24.6. The van der Waals surface area contributed by atoms with E-state index in [2.05, 4.69) is 20.3 Å². The van der Waals surface area contributed by atoms with Gasteiger partial charge in [-0.1, -0.05) is 6.07 Å². The Morgan fingerprint density at radius 3 is 2.48 bits per heavy atom. The Hall–Kier alpha value is -2.26. The van der Waals surface area contributed by atoms with Crippen molar-refractivity contribution in [3.05, 3.63) is 36.8 Å². The summed E-state index contributed by atoms with van der Waals surface area (Å²) in [6.45, 7) is 2.14. The van der Waals surface area contributed by atoms with E-state index in [4.69, 9.17) is 0 Å². The fraction of sp³-hybridized carbons (Fsp3) is 0.357. The average Bonchev–Trinajstić information content (AvgIpc) is 2.55. The molecule has 9 heteroatoms. The van der Waals surface area contributed by atoms with E-state index in [0.29, 0.717) is 37.8 Å². The molecule has 0 aliphatic carbocycles. The van der Waals surface area contributed by atoms with Crippen LogP contribution in [0.25, 0.3) is 0 Å². The minimum atomic E-state index is -3.13. The van der Waals surface area contributed by atoms with Gasteiger partial charge in [-0.05, 0) is 12.1 Å². The monoisotopic (exact) mass is 334 g/mol. The van der Waals surface area contributed by atoms with E-state index in [1.54, 1.807) is 6.20 Å². The minimum Gasteiger partial charge on any atom is -0.354 e. The van der Waals surface area contributed by atoms with Crippen LogP contribution in [0.1, 0.15) is 0 Å². The summed E-state index contributed by atoms with van der Waals surface area (Å²) in [4.78, 5) is 14.7. The molecule has 8 nitrogen and oxygen atoms in total. The van der Waals surface area contributed by atoms with Gasteiger partial charge in [0.2, 0.25) is 10.0 Å². The molecule has 1 aliphatic heterocycles. The molecule has 0 spiro atoms. The molecule has 122 valence electrons. The third-order valence-electron chi connectivity index (χ3n) is 3.61. The van der Waals surface area contributed by atoms with E-state index in [1.165, 1.54) is 16.9 Å². The molecule has 2 aromatic heterocycles. The van der Waals surface area contributed by atoms with Gasteiger partial charge in [0.15, 0.2) is 0 Å². The molecule has 2 aromatic rings. The van der Waals surface area contributed by atoms with E-state index in [0.717, 1.165) is 5.82 Å². The van der Waals surface area contributed by atoms with Crippen LogP contribution in [0.2, 0.25) is 0 Å². The summed E-state index contributed by atoms with van der Waals surface area (Å²) in [5, 5.41) is 3.12. The van der Waals surface area contributed by atoms with Crippen molar-refractivity contribution in [1.29, 1.82) is 0 Å². The summed E-state index contributed by atoms with van der Waals surface area (Å²) in [5.41, 5.74) is 0. The standard InChI is InChI=1S/C14H18N6O2S/c1-23(21,22)20-8-6-19(7-9-20)14-10-13(16-11-17-14)18-12-4-2-3-5-15-12/h2-5,10-11H,6-9H2,1H3,(H,15,16,17,18).